The summed E-state index contributed by atoms with van der Waals surface area (Å²) in [5.41, 5.74) is 1.80. The Bertz CT molecular complexity index is 1140. The maximum atomic E-state index is 12.8. The van der Waals surface area contributed by atoms with Crippen LogP contribution in [0.4, 0.5) is 11.4 Å². The van der Waals surface area contributed by atoms with E-state index in [0.717, 1.165) is 0 Å². The number of amides is 1. The number of hydrogen-bond donors (Lipinski definition) is 2. The normalized spacial score (nSPS) is 11.2. The molecule has 0 radical (unpaired) electrons. The molecule has 30 heavy (non-hydrogen) atoms. The third kappa shape index (κ3) is 5.39. The van der Waals surface area contributed by atoms with E-state index in [4.69, 9.17) is 4.74 Å². The lowest BCUT2D eigenvalue weighted by atomic mass is 10.1. The Labute approximate surface area is 177 Å². The van der Waals surface area contributed by atoms with Crippen LogP contribution in [0.5, 0.6) is 5.75 Å². The van der Waals surface area contributed by atoms with Gasteiger partial charge in [-0.3, -0.25) is 9.52 Å². The van der Waals surface area contributed by atoms with Crippen molar-refractivity contribution in [2.45, 2.75) is 31.8 Å². The molecule has 0 fully saturated rings. The predicted octanol–water partition coefficient (Wildman–Crippen LogP) is 4.84. The number of hydrogen-bond acceptors (Lipinski definition) is 4. The zero-order valence-electron chi connectivity index (χ0n) is 17.0. The van der Waals surface area contributed by atoms with Crippen molar-refractivity contribution >= 4 is 27.3 Å². The molecule has 0 saturated heterocycles. The first kappa shape index (κ1) is 21.4. The van der Waals surface area contributed by atoms with Gasteiger partial charge >= 0.3 is 0 Å². The fraction of sp³-hybridized carbons (Fsp3) is 0.174. The smallest absolute Gasteiger partial charge is 0.262 e. The maximum absolute atomic E-state index is 12.8. The van der Waals surface area contributed by atoms with Gasteiger partial charge in [-0.1, -0.05) is 30.3 Å². The van der Waals surface area contributed by atoms with Crippen molar-refractivity contribution in [2.75, 3.05) is 10.0 Å². The van der Waals surface area contributed by atoms with Crippen molar-refractivity contribution in [1.82, 2.24) is 0 Å². The van der Waals surface area contributed by atoms with Gasteiger partial charge in [0.2, 0.25) is 0 Å². The van der Waals surface area contributed by atoms with Gasteiger partial charge in [0.1, 0.15) is 5.75 Å². The number of carbonyl (C=O) groups excluding carboxylic acids is 1. The highest BCUT2D eigenvalue weighted by atomic mass is 32.2. The van der Waals surface area contributed by atoms with Gasteiger partial charge in [0.15, 0.2) is 0 Å². The van der Waals surface area contributed by atoms with Crippen molar-refractivity contribution in [3.8, 4) is 5.75 Å². The average molecular weight is 425 g/mol. The van der Waals surface area contributed by atoms with Crippen LogP contribution in [0.25, 0.3) is 0 Å². The molecule has 0 aromatic heterocycles. The summed E-state index contributed by atoms with van der Waals surface area (Å²) in [6, 6.07) is 20.3. The molecular formula is C23H24N2O4S. The van der Waals surface area contributed by atoms with Gasteiger partial charge in [-0.25, -0.2) is 8.42 Å². The second-order valence-electron chi connectivity index (χ2n) is 7.10. The molecule has 0 aliphatic heterocycles. The van der Waals surface area contributed by atoms with E-state index in [1.54, 1.807) is 67.6 Å². The summed E-state index contributed by atoms with van der Waals surface area (Å²) in [7, 11) is -3.84. The molecule has 3 aromatic rings. The lowest BCUT2D eigenvalue weighted by molar-refractivity contribution is 0.102. The third-order valence-corrected chi connectivity index (χ3v) is 5.75. The van der Waals surface area contributed by atoms with Gasteiger partial charge in [-0.2, -0.15) is 0 Å². The lowest BCUT2D eigenvalue weighted by Crippen LogP contribution is -2.17. The summed E-state index contributed by atoms with van der Waals surface area (Å²) < 4.78 is 33.9. The van der Waals surface area contributed by atoms with E-state index in [2.05, 4.69) is 10.0 Å². The number of nitrogens with one attached hydrogen (secondary N) is 2. The SMILES string of the molecule is Cc1ccc(C(=O)Nc2cccc(OC(C)C)c2)cc1S(=O)(=O)Nc1ccccc1. The first-order chi connectivity index (χ1) is 14.2. The fourth-order valence-electron chi connectivity index (χ4n) is 2.87. The van der Waals surface area contributed by atoms with Crippen LogP contribution in [-0.4, -0.2) is 20.4 Å². The molecular weight excluding hydrogens is 400 g/mol. The molecule has 156 valence electrons. The van der Waals surface area contributed by atoms with Crippen molar-refractivity contribution in [2.24, 2.45) is 0 Å². The molecule has 0 bridgehead atoms. The summed E-state index contributed by atoms with van der Waals surface area (Å²) in [6.45, 7) is 5.53. The molecule has 0 heterocycles. The second-order valence-corrected chi connectivity index (χ2v) is 8.75. The minimum Gasteiger partial charge on any atom is -0.491 e. The molecule has 0 saturated carbocycles. The minimum atomic E-state index is -3.84. The summed E-state index contributed by atoms with van der Waals surface area (Å²) in [5.74, 6) is 0.231. The highest BCUT2D eigenvalue weighted by molar-refractivity contribution is 7.92. The summed E-state index contributed by atoms with van der Waals surface area (Å²) in [6.07, 6.45) is 0.0120. The lowest BCUT2D eigenvalue weighted by Gasteiger charge is -2.13. The number of para-hydroxylation sites is 1. The van der Waals surface area contributed by atoms with Gasteiger partial charge in [0.25, 0.3) is 15.9 Å². The van der Waals surface area contributed by atoms with Gasteiger partial charge < -0.3 is 10.1 Å². The molecule has 0 atom stereocenters. The Kier molecular flexibility index (Phi) is 6.42. The van der Waals surface area contributed by atoms with E-state index in [1.165, 1.54) is 6.07 Å². The van der Waals surface area contributed by atoms with Crippen molar-refractivity contribution < 1.29 is 17.9 Å². The number of anilines is 2. The van der Waals surface area contributed by atoms with Crippen LogP contribution in [-0.2, 0) is 10.0 Å². The summed E-state index contributed by atoms with van der Waals surface area (Å²) in [4.78, 5) is 12.8. The standard InChI is InChI=1S/C23H24N2O4S/c1-16(2)29-21-11-7-10-20(15-21)24-23(26)18-13-12-17(3)22(14-18)30(27,28)25-19-8-5-4-6-9-19/h4-16,25H,1-3H3,(H,24,26). The predicted molar refractivity (Wildman–Crippen MR) is 119 cm³/mol. The first-order valence-electron chi connectivity index (χ1n) is 9.51. The van der Waals surface area contributed by atoms with Gasteiger partial charge in [-0.05, 0) is 62.7 Å². The molecule has 0 spiro atoms. The van der Waals surface area contributed by atoms with Crippen molar-refractivity contribution in [3.05, 3.63) is 83.9 Å². The van der Waals surface area contributed by atoms with Crippen LogP contribution in [0.15, 0.2) is 77.7 Å². The highest BCUT2D eigenvalue weighted by Gasteiger charge is 2.19. The summed E-state index contributed by atoms with van der Waals surface area (Å²) in [5, 5.41) is 2.79. The minimum absolute atomic E-state index is 0.0120. The van der Waals surface area contributed by atoms with E-state index in [-0.39, 0.29) is 16.6 Å². The maximum Gasteiger partial charge on any atom is 0.262 e. The Morgan fingerprint density at radius 1 is 0.900 bits per heavy atom. The zero-order chi connectivity index (χ0) is 21.7. The van der Waals surface area contributed by atoms with E-state index < -0.39 is 15.9 Å². The van der Waals surface area contributed by atoms with E-state index in [0.29, 0.717) is 22.7 Å². The van der Waals surface area contributed by atoms with E-state index in [9.17, 15) is 13.2 Å². The zero-order valence-corrected chi connectivity index (χ0v) is 17.9. The summed E-state index contributed by atoms with van der Waals surface area (Å²) >= 11 is 0. The Hall–Kier alpha value is -3.32. The molecule has 3 rings (SSSR count). The molecule has 0 aliphatic rings. The Morgan fingerprint density at radius 2 is 1.60 bits per heavy atom. The van der Waals surface area contributed by atoms with Crippen LogP contribution in [0.3, 0.4) is 0 Å². The van der Waals surface area contributed by atoms with Gasteiger partial charge in [-0.15, -0.1) is 0 Å². The van der Waals surface area contributed by atoms with Crippen LogP contribution in [0, 0.1) is 6.92 Å². The molecule has 0 unspecified atom stereocenters. The number of benzene rings is 3. The molecule has 3 aromatic carbocycles. The van der Waals surface area contributed by atoms with Crippen LogP contribution >= 0.6 is 0 Å². The molecule has 7 heteroatoms. The van der Waals surface area contributed by atoms with Crippen LogP contribution < -0.4 is 14.8 Å². The molecule has 6 nitrogen and oxygen atoms in total. The van der Waals surface area contributed by atoms with Gasteiger partial charge in [0.05, 0.1) is 11.0 Å². The molecule has 2 N–H and O–H groups in total. The van der Waals surface area contributed by atoms with Gasteiger partial charge in [0, 0.05) is 23.0 Å². The number of ether oxygens (including phenoxy) is 1. The number of sulfonamides is 1. The second kappa shape index (κ2) is 9.00. The number of carbonyl (C=O) groups is 1. The number of aryl methyl sites for hydroxylation is 1. The monoisotopic (exact) mass is 424 g/mol. The van der Waals surface area contributed by atoms with E-state index >= 15 is 0 Å². The van der Waals surface area contributed by atoms with Crippen LogP contribution in [0.1, 0.15) is 29.8 Å². The van der Waals surface area contributed by atoms with Crippen molar-refractivity contribution in [3.63, 3.8) is 0 Å². The van der Waals surface area contributed by atoms with Crippen LogP contribution in [0.2, 0.25) is 0 Å². The fourth-order valence-corrected chi connectivity index (χ4v) is 4.20. The third-order valence-electron chi connectivity index (χ3n) is 4.23. The number of rotatable bonds is 7. The average Bonchev–Trinajstić information content (AvgIpc) is 2.68. The Morgan fingerprint density at radius 3 is 2.30 bits per heavy atom. The first-order valence-corrected chi connectivity index (χ1v) is 11.0. The van der Waals surface area contributed by atoms with E-state index in [1.807, 2.05) is 19.9 Å². The topological polar surface area (TPSA) is 84.5 Å². The molecule has 1 amide bonds. The highest BCUT2D eigenvalue weighted by Crippen LogP contribution is 2.23. The Balaban J connectivity index is 1.83. The largest absolute Gasteiger partial charge is 0.491 e. The quantitative estimate of drug-likeness (QED) is 0.569. The molecule has 0 aliphatic carbocycles. The van der Waals surface area contributed by atoms with Crippen molar-refractivity contribution in [1.29, 1.82) is 0 Å².